The van der Waals surface area contributed by atoms with Crippen LogP contribution in [0.3, 0.4) is 0 Å². The van der Waals surface area contributed by atoms with Crippen LogP contribution in [-0.4, -0.2) is 13.4 Å². The van der Waals surface area contributed by atoms with Crippen LogP contribution in [-0.2, 0) is 23.1 Å². The molecule has 0 aromatic carbocycles. The van der Waals surface area contributed by atoms with Gasteiger partial charge in [0.25, 0.3) is 0 Å². The number of aryl methyl sites for hydroxylation is 2. The molecular formula is C9H9ClFNO2S. The summed E-state index contributed by atoms with van der Waals surface area (Å²) in [7, 11) is -4.76. The Hall–Kier alpha value is -0.680. The van der Waals surface area contributed by atoms with E-state index in [9.17, 15) is 12.3 Å². The molecule has 0 unspecified atom stereocenters. The SMILES string of the molecule is O=S(=O)(F)c1cc2c(nc1Cl)CCCC2. The molecule has 1 aliphatic carbocycles. The van der Waals surface area contributed by atoms with E-state index in [4.69, 9.17) is 11.6 Å². The summed E-state index contributed by atoms with van der Waals surface area (Å²) in [5.41, 5.74) is 1.58. The largest absolute Gasteiger partial charge is 0.335 e. The van der Waals surface area contributed by atoms with Gasteiger partial charge in [-0.1, -0.05) is 11.6 Å². The third kappa shape index (κ3) is 2.13. The van der Waals surface area contributed by atoms with Gasteiger partial charge in [-0.25, -0.2) is 4.98 Å². The average Bonchev–Trinajstić information content (AvgIpc) is 2.15. The maximum atomic E-state index is 12.8. The van der Waals surface area contributed by atoms with Crippen LogP contribution in [0.25, 0.3) is 0 Å². The molecule has 15 heavy (non-hydrogen) atoms. The van der Waals surface area contributed by atoms with Crippen LogP contribution in [0.1, 0.15) is 24.1 Å². The Morgan fingerprint density at radius 3 is 2.67 bits per heavy atom. The third-order valence-electron chi connectivity index (χ3n) is 2.48. The van der Waals surface area contributed by atoms with E-state index in [0.717, 1.165) is 36.9 Å². The lowest BCUT2D eigenvalue weighted by Crippen LogP contribution is -2.08. The van der Waals surface area contributed by atoms with Gasteiger partial charge in [0.15, 0.2) is 5.15 Å². The number of pyridine rings is 1. The van der Waals surface area contributed by atoms with Gasteiger partial charge in [0.05, 0.1) is 0 Å². The lowest BCUT2D eigenvalue weighted by atomic mass is 9.96. The van der Waals surface area contributed by atoms with Crippen LogP contribution in [0, 0.1) is 0 Å². The number of hydrogen-bond acceptors (Lipinski definition) is 3. The summed E-state index contributed by atoms with van der Waals surface area (Å²) in [4.78, 5) is 3.42. The molecule has 1 aromatic rings. The number of halogens is 2. The quantitative estimate of drug-likeness (QED) is 0.567. The molecule has 0 atom stereocenters. The highest BCUT2D eigenvalue weighted by Gasteiger charge is 2.22. The summed E-state index contributed by atoms with van der Waals surface area (Å²) in [5.74, 6) is 0. The summed E-state index contributed by atoms with van der Waals surface area (Å²) in [6.45, 7) is 0. The monoisotopic (exact) mass is 249 g/mol. The standard InChI is InChI=1S/C9H9ClFNO2S/c10-9-8(15(11,13)14)5-6-3-1-2-4-7(6)12-9/h5H,1-4H2. The van der Waals surface area contributed by atoms with E-state index in [1.54, 1.807) is 0 Å². The number of hydrogen-bond donors (Lipinski definition) is 0. The minimum absolute atomic E-state index is 0.266. The first-order valence-corrected chi connectivity index (χ1v) is 6.37. The number of rotatable bonds is 1. The summed E-state index contributed by atoms with van der Waals surface area (Å²) in [6.07, 6.45) is 3.50. The van der Waals surface area contributed by atoms with Gasteiger partial charge < -0.3 is 0 Å². The van der Waals surface area contributed by atoms with Crippen molar-refractivity contribution < 1.29 is 12.3 Å². The van der Waals surface area contributed by atoms with Crippen molar-refractivity contribution in [3.63, 3.8) is 0 Å². The molecule has 0 radical (unpaired) electrons. The normalized spacial score (nSPS) is 16.1. The summed E-state index contributed by atoms with van der Waals surface area (Å²) in [6, 6.07) is 1.30. The molecule has 0 amide bonds. The van der Waals surface area contributed by atoms with Crippen molar-refractivity contribution in [1.82, 2.24) is 4.98 Å². The molecule has 0 N–H and O–H groups in total. The molecule has 0 aliphatic heterocycles. The maximum Gasteiger partial charge on any atom is 0.335 e. The summed E-state index contributed by atoms with van der Waals surface area (Å²) in [5, 5.41) is -0.266. The third-order valence-corrected chi connectivity index (χ3v) is 3.72. The van der Waals surface area contributed by atoms with E-state index in [1.807, 2.05) is 0 Å². The predicted octanol–water partition coefficient (Wildman–Crippen LogP) is 2.27. The minimum atomic E-state index is -4.76. The van der Waals surface area contributed by atoms with E-state index < -0.39 is 15.1 Å². The first kappa shape index (κ1) is 10.8. The highest BCUT2D eigenvalue weighted by Crippen LogP contribution is 2.28. The van der Waals surface area contributed by atoms with Gasteiger partial charge in [-0.2, -0.15) is 8.42 Å². The van der Waals surface area contributed by atoms with Gasteiger partial charge in [-0.05, 0) is 37.3 Å². The van der Waals surface area contributed by atoms with E-state index in [-0.39, 0.29) is 5.15 Å². The van der Waals surface area contributed by atoms with Crippen molar-refractivity contribution in [2.75, 3.05) is 0 Å². The van der Waals surface area contributed by atoms with Crippen molar-refractivity contribution in [3.05, 3.63) is 22.5 Å². The van der Waals surface area contributed by atoms with Crippen LogP contribution in [0.4, 0.5) is 3.89 Å². The van der Waals surface area contributed by atoms with Crippen molar-refractivity contribution in [3.8, 4) is 0 Å². The van der Waals surface area contributed by atoms with Crippen molar-refractivity contribution in [2.45, 2.75) is 30.6 Å². The van der Waals surface area contributed by atoms with Gasteiger partial charge in [0, 0.05) is 5.69 Å². The smallest absolute Gasteiger partial charge is 0.239 e. The molecular weight excluding hydrogens is 241 g/mol. The molecule has 2 rings (SSSR count). The minimum Gasteiger partial charge on any atom is -0.239 e. The molecule has 0 saturated heterocycles. The first-order chi connectivity index (χ1) is 6.98. The van der Waals surface area contributed by atoms with Crippen LogP contribution in [0.15, 0.2) is 11.0 Å². The fourth-order valence-electron chi connectivity index (χ4n) is 1.76. The van der Waals surface area contributed by atoms with Crippen LogP contribution < -0.4 is 0 Å². The fraction of sp³-hybridized carbons (Fsp3) is 0.444. The Balaban J connectivity index is 2.60. The zero-order valence-corrected chi connectivity index (χ0v) is 9.41. The molecule has 3 nitrogen and oxygen atoms in total. The van der Waals surface area contributed by atoms with Crippen LogP contribution in [0.2, 0.25) is 5.15 Å². The van der Waals surface area contributed by atoms with Gasteiger partial charge >= 0.3 is 10.2 Å². The number of fused-ring (bicyclic) bond motifs is 1. The molecule has 1 aliphatic rings. The van der Waals surface area contributed by atoms with Crippen LogP contribution >= 0.6 is 11.6 Å². The number of nitrogens with zero attached hydrogens (tertiary/aromatic N) is 1. The Labute approximate surface area is 92.5 Å². The highest BCUT2D eigenvalue weighted by atomic mass is 35.5. The Kier molecular flexibility index (Phi) is 2.68. The second kappa shape index (κ2) is 3.72. The summed E-state index contributed by atoms with van der Waals surface area (Å²) < 4.78 is 34.3. The lowest BCUT2D eigenvalue weighted by Gasteiger charge is -2.15. The molecule has 82 valence electrons. The zero-order valence-electron chi connectivity index (χ0n) is 7.83. The van der Waals surface area contributed by atoms with E-state index in [1.165, 1.54) is 6.07 Å². The van der Waals surface area contributed by atoms with Crippen LogP contribution in [0.5, 0.6) is 0 Å². The van der Waals surface area contributed by atoms with Gasteiger partial charge in [0.2, 0.25) is 0 Å². The van der Waals surface area contributed by atoms with Gasteiger partial charge in [-0.15, -0.1) is 3.89 Å². The van der Waals surface area contributed by atoms with E-state index in [0.29, 0.717) is 0 Å². The molecule has 6 heteroatoms. The molecule has 1 heterocycles. The second-order valence-electron chi connectivity index (χ2n) is 3.53. The second-order valence-corrected chi connectivity index (χ2v) is 5.20. The van der Waals surface area contributed by atoms with Crippen molar-refractivity contribution in [2.24, 2.45) is 0 Å². The zero-order chi connectivity index (χ0) is 11.1. The Bertz CT molecular complexity index is 501. The summed E-state index contributed by atoms with van der Waals surface area (Å²) >= 11 is 5.62. The van der Waals surface area contributed by atoms with Crippen molar-refractivity contribution in [1.29, 1.82) is 0 Å². The fourth-order valence-corrected chi connectivity index (χ4v) is 2.72. The Morgan fingerprint density at radius 2 is 2.00 bits per heavy atom. The Morgan fingerprint density at radius 1 is 1.33 bits per heavy atom. The molecule has 1 aromatic heterocycles. The molecule has 0 spiro atoms. The highest BCUT2D eigenvalue weighted by molar-refractivity contribution is 7.86. The van der Waals surface area contributed by atoms with E-state index >= 15 is 0 Å². The number of aromatic nitrogens is 1. The maximum absolute atomic E-state index is 12.8. The van der Waals surface area contributed by atoms with Gasteiger partial charge in [0.1, 0.15) is 4.90 Å². The first-order valence-electron chi connectivity index (χ1n) is 4.61. The topological polar surface area (TPSA) is 47.0 Å². The molecule has 0 saturated carbocycles. The lowest BCUT2D eigenvalue weighted by molar-refractivity contribution is 0.550. The van der Waals surface area contributed by atoms with Gasteiger partial charge in [-0.3, -0.25) is 0 Å². The average molecular weight is 250 g/mol. The molecule has 0 bridgehead atoms. The van der Waals surface area contributed by atoms with Crippen molar-refractivity contribution >= 4 is 21.8 Å². The predicted molar refractivity (Wildman–Crippen MR) is 54.2 cm³/mol. The molecule has 0 fully saturated rings. The van der Waals surface area contributed by atoms with E-state index in [2.05, 4.69) is 4.98 Å².